The Hall–Kier alpha value is -4.25. The van der Waals surface area contributed by atoms with E-state index in [1.54, 1.807) is 0 Å². The molecule has 164 valence electrons. The molecule has 0 aliphatic heterocycles. The van der Waals surface area contributed by atoms with Gasteiger partial charge in [-0.1, -0.05) is 48.5 Å². The molecule has 0 saturated carbocycles. The van der Waals surface area contributed by atoms with E-state index < -0.39 is 36.3 Å². The maximum absolute atomic E-state index is 12.3. The van der Waals surface area contributed by atoms with Crippen molar-refractivity contribution in [2.75, 3.05) is 18.5 Å². The number of carbonyl (C=O) groups is 3. The number of ether oxygens (including phenoxy) is 1. The summed E-state index contributed by atoms with van der Waals surface area (Å²) >= 11 is 0. The van der Waals surface area contributed by atoms with Crippen LogP contribution in [-0.4, -0.2) is 57.8 Å². The van der Waals surface area contributed by atoms with Gasteiger partial charge in [0.15, 0.2) is 6.10 Å². The molecule has 0 saturated heterocycles. The van der Waals surface area contributed by atoms with Crippen LogP contribution in [0, 0.1) is 0 Å². The van der Waals surface area contributed by atoms with Crippen LogP contribution in [-0.2, 0) is 9.53 Å². The summed E-state index contributed by atoms with van der Waals surface area (Å²) in [4.78, 5) is 35.1. The van der Waals surface area contributed by atoms with Crippen LogP contribution in [0.2, 0.25) is 0 Å². The fourth-order valence-electron chi connectivity index (χ4n) is 3.51. The summed E-state index contributed by atoms with van der Waals surface area (Å²) in [5, 5.41) is 29.2. The minimum atomic E-state index is -1.79. The normalized spacial score (nSPS) is 13.0. The van der Waals surface area contributed by atoms with Gasteiger partial charge in [-0.2, -0.15) is 0 Å². The Labute approximate surface area is 181 Å². The quantitative estimate of drug-likeness (QED) is 0.429. The number of carboxylic acid groups (broad SMARTS) is 1. The van der Waals surface area contributed by atoms with Gasteiger partial charge in [0.05, 0.1) is 6.54 Å². The van der Waals surface area contributed by atoms with E-state index in [1.807, 2.05) is 48.5 Å². The van der Waals surface area contributed by atoms with Gasteiger partial charge in [-0.3, -0.25) is 10.1 Å². The van der Waals surface area contributed by atoms with E-state index in [1.165, 1.54) is 0 Å². The molecule has 11 heteroatoms. The first kappa shape index (κ1) is 21.0. The number of anilines is 1. The molecule has 0 spiro atoms. The molecule has 11 nitrogen and oxygen atoms in total. The number of nitrogens with one attached hydrogen (secondary N) is 2. The number of rotatable bonds is 7. The summed E-state index contributed by atoms with van der Waals surface area (Å²) in [7, 11) is 0. The first-order chi connectivity index (χ1) is 15.5. The van der Waals surface area contributed by atoms with Gasteiger partial charge >= 0.3 is 12.1 Å². The molecule has 0 radical (unpaired) electrons. The number of hydrogen-bond donors (Lipinski definition) is 4. The second kappa shape index (κ2) is 8.86. The van der Waals surface area contributed by atoms with Gasteiger partial charge in [-0.25, -0.2) is 14.2 Å². The summed E-state index contributed by atoms with van der Waals surface area (Å²) < 4.78 is 9.85. The first-order valence-electron chi connectivity index (χ1n) is 9.59. The van der Waals surface area contributed by atoms with Crippen molar-refractivity contribution in [3.8, 4) is 11.1 Å². The lowest BCUT2D eigenvalue weighted by Gasteiger charge is -2.14. The molecule has 1 aliphatic rings. The molecule has 1 atom stereocenters. The fourth-order valence-corrected chi connectivity index (χ4v) is 3.51. The third-order valence-electron chi connectivity index (χ3n) is 5.01. The summed E-state index contributed by atoms with van der Waals surface area (Å²) in [6, 6.07) is 15.7. The lowest BCUT2D eigenvalue weighted by molar-refractivity contribution is -0.146. The van der Waals surface area contributed by atoms with Crippen LogP contribution in [0.1, 0.15) is 27.5 Å². The number of carboxylic acids is 1. The molecular weight excluding hydrogens is 420 g/mol. The maximum Gasteiger partial charge on any atom is 0.412 e. The average Bonchev–Trinajstić information content (AvgIpc) is 3.38. The van der Waals surface area contributed by atoms with Crippen LogP contribution in [0.25, 0.3) is 11.1 Å². The largest absolute Gasteiger partial charge is 0.479 e. The molecule has 4 rings (SSSR count). The molecule has 0 fully saturated rings. The first-order valence-corrected chi connectivity index (χ1v) is 9.59. The lowest BCUT2D eigenvalue weighted by atomic mass is 9.98. The van der Waals surface area contributed by atoms with Crippen molar-refractivity contribution < 1.29 is 34.0 Å². The number of amides is 2. The van der Waals surface area contributed by atoms with Crippen LogP contribution < -0.4 is 10.6 Å². The maximum atomic E-state index is 12.3. The number of benzene rings is 2. The molecule has 32 heavy (non-hydrogen) atoms. The number of aromatic nitrogens is 2. The second-order valence-corrected chi connectivity index (χ2v) is 6.98. The van der Waals surface area contributed by atoms with Crippen LogP contribution >= 0.6 is 0 Å². The molecule has 3 aromatic rings. The Morgan fingerprint density at radius 2 is 1.66 bits per heavy atom. The van der Waals surface area contributed by atoms with Crippen molar-refractivity contribution in [1.29, 1.82) is 0 Å². The van der Waals surface area contributed by atoms with E-state index in [2.05, 4.69) is 25.6 Å². The highest BCUT2D eigenvalue weighted by molar-refractivity contribution is 5.99. The molecule has 1 heterocycles. The third-order valence-corrected chi connectivity index (χ3v) is 5.01. The number of hydrogen-bond acceptors (Lipinski definition) is 8. The molecule has 2 amide bonds. The summed E-state index contributed by atoms with van der Waals surface area (Å²) in [5.74, 6) is -2.84. The Kier molecular flexibility index (Phi) is 5.81. The number of carbonyl (C=O) groups excluding carboxylic acids is 2. The summed E-state index contributed by atoms with van der Waals surface area (Å²) in [6.45, 7) is -0.511. The van der Waals surface area contributed by atoms with Crippen molar-refractivity contribution in [2.24, 2.45) is 0 Å². The van der Waals surface area contributed by atoms with Crippen molar-refractivity contribution in [1.82, 2.24) is 15.6 Å². The third kappa shape index (κ3) is 4.14. The lowest BCUT2D eigenvalue weighted by Crippen LogP contribution is -2.37. The van der Waals surface area contributed by atoms with Gasteiger partial charge in [0.1, 0.15) is 6.61 Å². The smallest absolute Gasteiger partial charge is 0.412 e. The second-order valence-electron chi connectivity index (χ2n) is 6.98. The number of aliphatic hydroxyl groups is 1. The highest BCUT2D eigenvalue weighted by atomic mass is 16.6. The van der Waals surface area contributed by atoms with E-state index in [0.29, 0.717) is 0 Å². The van der Waals surface area contributed by atoms with E-state index >= 15 is 0 Å². The zero-order chi connectivity index (χ0) is 22.7. The van der Waals surface area contributed by atoms with E-state index in [0.717, 1.165) is 22.3 Å². The molecule has 4 N–H and O–H groups in total. The van der Waals surface area contributed by atoms with Crippen LogP contribution in [0.3, 0.4) is 0 Å². The zero-order valence-corrected chi connectivity index (χ0v) is 16.5. The molecule has 1 aromatic heterocycles. The number of fused-ring (bicyclic) bond motifs is 3. The van der Waals surface area contributed by atoms with Crippen molar-refractivity contribution in [3.63, 3.8) is 0 Å². The predicted octanol–water partition coefficient (Wildman–Crippen LogP) is 1.61. The monoisotopic (exact) mass is 438 g/mol. The molecule has 1 unspecified atom stereocenters. The molecular formula is C21H18N4O7. The Morgan fingerprint density at radius 3 is 2.28 bits per heavy atom. The predicted molar refractivity (Wildman–Crippen MR) is 109 cm³/mol. The standard InChI is InChI=1S/C21H18N4O7/c26-16(20(28)29)9-22-19(27)17-18(25-32-24-17)23-21(30)31-10-15-13-7-3-1-5-11(13)12-6-2-4-8-14(12)15/h1-8,15-16,26H,9-10H2,(H,22,27)(H,28,29)(H,23,25,30). The molecule has 0 bridgehead atoms. The SMILES string of the molecule is O=C(Nc1nonc1C(=O)NCC(O)C(=O)O)OCC1c2ccccc2-c2ccccc21. The molecule has 1 aliphatic carbocycles. The van der Waals surface area contributed by atoms with Crippen molar-refractivity contribution in [2.45, 2.75) is 12.0 Å². The van der Waals surface area contributed by atoms with Crippen molar-refractivity contribution >= 4 is 23.8 Å². The van der Waals surface area contributed by atoms with Gasteiger partial charge in [0, 0.05) is 5.92 Å². The average molecular weight is 438 g/mol. The summed E-state index contributed by atoms with van der Waals surface area (Å²) in [5.41, 5.74) is 3.86. The molecule has 2 aromatic carbocycles. The van der Waals surface area contributed by atoms with E-state index in [-0.39, 0.29) is 18.3 Å². The highest BCUT2D eigenvalue weighted by Crippen LogP contribution is 2.44. The number of aliphatic carboxylic acids is 1. The van der Waals surface area contributed by atoms with Crippen LogP contribution in [0.15, 0.2) is 53.2 Å². The van der Waals surface area contributed by atoms with E-state index in [9.17, 15) is 19.5 Å². The Morgan fingerprint density at radius 1 is 1.03 bits per heavy atom. The minimum Gasteiger partial charge on any atom is -0.479 e. The number of aliphatic hydroxyl groups excluding tert-OH is 1. The van der Waals surface area contributed by atoms with Gasteiger partial charge in [0.25, 0.3) is 5.91 Å². The fraction of sp³-hybridized carbons (Fsp3) is 0.190. The van der Waals surface area contributed by atoms with E-state index in [4.69, 9.17) is 9.84 Å². The number of nitrogens with zero attached hydrogens (tertiary/aromatic N) is 2. The van der Waals surface area contributed by atoms with Crippen LogP contribution in [0.5, 0.6) is 0 Å². The Bertz CT molecular complexity index is 1130. The van der Waals surface area contributed by atoms with Gasteiger partial charge < -0.3 is 20.3 Å². The summed E-state index contributed by atoms with van der Waals surface area (Å²) in [6.07, 6.45) is -2.67. The zero-order valence-electron chi connectivity index (χ0n) is 16.5. The van der Waals surface area contributed by atoms with Gasteiger partial charge in [0.2, 0.25) is 11.5 Å². The Balaban J connectivity index is 1.39. The minimum absolute atomic E-state index is 0.0530. The topological polar surface area (TPSA) is 164 Å². The van der Waals surface area contributed by atoms with Crippen LogP contribution in [0.4, 0.5) is 10.6 Å². The van der Waals surface area contributed by atoms with Gasteiger partial charge in [-0.05, 0) is 32.6 Å². The van der Waals surface area contributed by atoms with Crippen molar-refractivity contribution in [3.05, 3.63) is 65.4 Å². The van der Waals surface area contributed by atoms with Gasteiger partial charge in [-0.15, -0.1) is 0 Å². The highest BCUT2D eigenvalue weighted by Gasteiger charge is 2.29.